The summed E-state index contributed by atoms with van der Waals surface area (Å²) in [6.07, 6.45) is 3.76. The second kappa shape index (κ2) is 9.87. The molecule has 1 aliphatic carbocycles. The lowest BCUT2D eigenvalue weighted by atomic mass is 9.87. The van der Waals surface area contributed by atoms with E-state index in [1.807, 2.05) is 24.3 Å². The number of anilines is 1. The Hall–Kier alpha value is -2.42. The lowest BCUT2D eigenvalue weighted by Gasteiger charge is -2.28. The standard InChI is InChI=1S/C20H26BrN5O3/c1-12-7-9-14(11-15(12)21)23-19(22)18-20(26-29-25-18)24-17(27)10-8-13-5-3-4-6-16(13)28-2/h3-6,12,14-15H,7-11H2,1-2H3,(H2,22,23)(H,24,26,27)/t12-,14?,15?/m1/s1. The topological polar surface area (TPSA) is 116 Å². The summed E-state index contributed by atoms with van der Waals surface area (Å²) in [6.45, 7) is 2.23. The molecule has 3 rings (SSSR count). The summed E-state index contributed by atoms with van der Waals surface area (Å²) in [5.74, 6) is 1.58. The van der Waals surface area contributed by atoms with Gasteiger partial charge < -0.3 is 15.8 Å². The molecule has 9 heteroatoms. The predicted molar refractivity (Wildman–Crippen MR) is 114 cm³/mol. The van der Waals surface area contributed by atoms with Gasteiger partial charge in [0.15, 0.2) is 11.5 Å². The Morgan fingerprint density at radius 1 is 1.38 bits per heavy atom. The molecule has 3 N–H and O–H groups in total. The summed E-state index contributed by atoms with van der Waals surface area (Å²) in [7, 11) is 1.61. The van der Waals surface area contributed by atoms with Crippen molar-refractivity contribution in [1.82, 2.24) is 10.3 Å². The molecule has 0 spiro atoms. The number of halogens is 1. The molecular formula is C20H26BrN5O3. The van der Waals surface area contributed by atoms with E-state index in [2.05, 4.69) is 43.5 Å². The van der Waals surface area contributed by atoms with Crippen LogP contribution in [0, 0.1) is 5.92 Å². The maximum atomic E-state index is 12.4. The number of benzene rings is 1. The van der Waals surface area contributed by atoms with Crippen LogP contribution < -0.4 is 15.8 Å². The molecule has 1 fully saturated rings. The third-order valence-electron chi connectivity index (χ3n) is 5.19. The van der Waals surface area contributed by atoms with Crippen molar-refractivity contribution in [2.75, 3.05) is 12.4 Å². The van der Waals surface area contributed by atoms with Gasteiger partial charge in [0, 0.05) is 11.2 Å². The van der Waals surface area contributed by atoms with Crippen LogP contribution in [-0.4, -0.2) is 40.0 Å². The number of amides is 1. The Morgan fingerprint density at radius 2 is 2.17 bits per heavy atom. The first-order valence-corrected chi connectivity index (χ1v) is 10.6. The summed E-state index contributed by atoms with van der Waals surface area (Å²) in [4.78, 5) is 17.4. The molecule has 0 saturated heterocycles. The van der Waals surface area contributed by atoms with Crippen LogP contribution in [0.3, 0.4) is 0 Å². The Bertz CT molecular complexity index is 869. The SMILES string of the molecule is COc1ccccc1CCC(=O)Nc1nonc1C(N)=NC1CC[C@@H](C)C(Br)C1. The molecule has 3 atom stereocenters. The number of aryl methyl sites for hydroxylation is 1. The smallest absolute Gasteiger partial charge is 0.226 e. The number of nitrogens with two attached hydrogens (primary N) is 1. The second-order valence-corrected chi connectivity index (χ2v) is 8.47. The lowest BCUT2D eigenvalue weighted by Crippen LogP contribution is -2.28. The summed E-state index contributed by atoms with van der Waals surface area (Å²) in [6, 6.07) is 7.72. The molecule has 29 heavy (non-hydrogen) atoms. The number of ether oxygens (including phenoxy) is 1. The summed E-state index contributed by atoms with van der Waals surface area (Å²) >= 11 is 3.70. The first kappa shape index (κ1) is 21.3. The first-order chi connectivity index (χ1) is 14.0. The van der Waals surface area contributed by atoms with Crippen LogP contribution in [0.5, 0.6) is 5.75 Å². The summed E-state index contributed by atoms with van der Waals surface area (Å²) in [5, 5.41) is 10.3. The monoisotopic (exact) mass is 463 g/mol. The summed E-state index contributed by atoms with van der Waals surface area (Å²) < 4.78 is 10.1. The van der Waals surface area contributed by atoms with Gasteiger partial charge in [-0.15, -0.1) is 0 Å². The van der Waals surface area contributed by atoms with E-state index in [9.17, 15) is 4.79 Å². The largest absolute Gasteiger partial charge is 0.496 e. The van der Waals surface area contributed by atoms with E-state index < -0.39 is 0 Å². The Labute approximate surface area is 178 Å². The number of methoxy groups -OCH3 is 1. The van der Waals surface area contributed by atoms with Crippen molar-refractivity contribution in [2.24, 2.45) is 16.6 Å². The number of carbonyl (C=O) groups is 1. The zero-order valence-corrected chi connectivity index (χ0v) is 18.2. The van der Waals surface area contributed by atoms with E-state index in [1.54, 1.807) is 7.11 Å². The van der Waals surface area contributed by atoms with Crippen LogP contribution in [0.15, 0.2) is 33.9 Å². The van der Waals surface area contributed by atoms with Gasteiger partial charge in [-0.2, -0.15) is 0 Å². The molecule has 1 aromatic carbocycles. The molecule has 2 aromatic rings. The van der Waals surface area contributed by atoms with Crippen LogP contribution >= 0.6 is 15.9 Å². The fraction of sp³-hybridized carbons (Fsp3) is 0.500. The number of rotatable bonds is 7. The third-order valence-corrected chi connectivity index (χ3v) is 6.47. The van der Waals surface area contributed by atoms with Gasteiger partial charge in [-0.1, -0.05) is 41.1 Å². The van der Waals surface area contributed by atoms with Crippen LogP contribution in [0.25, 0.3) is 0 Å². The average Bonchev–Trinajstić information content (AvgIpc) is 3.17. The van der Waals surface area contributed by atoms with Gasteiger partial charge in [-0.3, -0.25) is 9.79 Å². The van der Waals surface area contributed by atoms with E-state index in [0.717, 1.165) is 30.6 Å². The maximum absolute atomic E-state index is 12.4. The third kappa shape index (κ3) is 5.56. The van der Waals surface area contributed by atoms with Crippen LogP contribution in [0.4, 0.5) is 5.82 Å². The Kier molecular flexibility index (Phi) is 7.24. The molecule has 0 bridgehead atoms. The number of nitrogens with zero attached hydrogens (tertiary/aromatic N) is 3. The minimum atomic E-state index is -0.215. The summed E-state index contributed by atoms with van der Waals surface area (Å²) in [5.41, 5.74) is 7.36. The zero-order valence-electron chi connectivity index (χ0n) is 16.6. The van der Waals surface area contributed by atoms with E-state index in [0.29, 0.717) is 17.2 Å². The molecule has 1 saturated carbocycles. The van der Waals surface area contributed by atoms with Crippen LogP contribution in [0.2, 0.25) is 0 Å². The van der Waals surface area contributed by atoms with E-state index >= 15 is 0 Å². The number of hydrogen-bond donors (Lipinski definition) is 2. The number of amidine groups is 1. The van der Waals surface area contributed by atoms with Gasteiger partial charge in [0.25, 0.3) is 0 Å². The molecule has 1 amide bonds. The molecule has 1 aliphatic rings. The van der Waals surface area contributed by atoms with Crippen molar-refractivity contribution in [3.05, 3.63) is 35.5 Å². The first-order valence-electron chi connectivity index (χ1n) is 9.70. The van der Waals surface area contributed by atoms with E-state index in [4.69, 9.17) is 15.1 Å². The molecule has 2 unspecified atom stereocenters. The second-order valence-electron chi connectivity index (χ2n) is 7.30. The number of aliphatic imine (C=N–C) groups is 1. The highest BCUT2D eigenvalue weighted by molar-refractivity contribution is 9.09. The molecular weight excluding hydrogens is 438 g/mol. The van der Waals surface area contributed by atoms with Gasteiger partial charge >= 0.3 is 0 Å². The molecule has 1 aromatic heterocycles. The number of hydrogen-bond acceptors (Lipinski definition) is 6. The van der Waals surface area contributed by atoms with Crippen molar-refractivity contribution >= 4 is 33.5 Å². The Balaban J connectivity index is 1.61. The molecule has 0 radical (unpaired) electrons. The number of nitrogens with one attached hydrogen (secondary N) is 1. The molecule has 0 aliphatic heterocycles. The van der Waals surface area contributed by atoms with Gasteiger partial charge in [-0.05, 0) is 53.5 Å². The fourth-order valence-electron chi connectivity index (χ4n) is 3.41. The van der Waals surface area contributed by atoms with Crippen molar-refractivity contribution < 1.29 is 14.2 Å². The number of carbonyl (C=O) groups excluding carboxylic acids is 1. The highest BCUT2D eigenvalue weighted by Gasteiger charge is 2.26. The van der Waals surface area contributed by atoms with Gasteiger partial charge in [0.1, 0.15) is 5.75 Å². The molecule has 1 heterocycles. The minimum absolute atomic E-state index is 0.112. The quantitative estimate of drug-likeness (QED) is 0.369. The van der Waals surface area contributed by atoms with Gasteiger partial charge in [-0.25, -0.2) is 4.63 Å². The normalized spacial score (nSPS) is 22.3. The van der Waals surface area contributed by atoms with Crippen LogP contribution in [-0.2, 0) is 11.2 Å². The molecule has 156 valence electrons. The van der Waals surface area contributed by atoms with E-state index in [-0.39, 0.29) is 35.7 Å². The number of aromatic nitrogens is 2. The predicted octanol–water partition coefficient (Wildman–Crippen LogP) is 3.31. The number of alkyl halides is 1. The van der Waals surface area contributed by atoms with Crippen LogP contribution in [0.1, 0.15) is 43.9 Å². The highest BCUT2D eigenvalue weighted by Crippen LogP contribution is 2.31. The average molecular weight is 464 g/mol. The van der Waals surface area contributed by atoms with E-state index in [1.165, 1.54) is 0 Å². The Morgan fingerprint density at radius 3 is 2.93 bits per heavy atom. The van der Waals surface area contributed by atoms with Crippen molar-refractivity contribution in [2.45, 2.75) is 49.9 Å². The zero-order chi connectivity index (χ0) is 20.8. The molecule has 8 nitrogen and oxygen atoms in total. The highest BCUT2D eigenvalue weighted by atomic mass is 79.9. The van der Waals surface area contributed by atoms with Gasteiger partial charge in [0.05, 0.1) is 13.2 Å². The van der Waals surface area contributed by atoms with Crippen molar-refractivity contribution in [3.63, 3.8) is 0 Å². The number of para-hydroxylation sites is 1. The lowest BCUT2D eigenvalue weighted by molar-refractivity contribution is -0.116. The maximum Gasteiger partial charge on any atom is 0.226 e. The van der Waals surface area contributed by atoms with Crippen molar-refractivity contribution in [1.29, 1.82) is 0 Å². The fourth-order valence-corrected chi connectivity index (χ4v) is 4.11. The minimum Gasteiger partial charge on any atom is -0.496 e. The van der Waals surface area contributed by atoms with Gasteiger partial charge in [0.2, 0.25) is 11.7 Å². The van der Waals surface area contributed by atoms with Crippen molar-refractivity contribution in [3.8, 4) is 5.75 Å².